The maximum absolute atomic E-state index is 12.4. The Hall–Kier alpha value is -2.24. The standard InChI is InChI=1S/C19H25N5O/c1-13-15(16-9-5-6-12-20-16)10-11-17-21-19(23-24(13)17)22-18(25)14-7-3-2-4-8-14/h5-6,9,12-15H,2-4,7-8,10-11H2,1H3,(H,22,23,25). The van der Waals surface area contributed by atoms with Crippen molar-refractivity contribution in [2.45, 2.75) is 63.8 Å². The normalized spacial score (nSPS) is 23.9. The molecule has 0 aromatic carbocycles. The SMILES string of the molecule is CC1C(c2ccccn2)CCc2nc(NC(=O)C3CCCCC3)nn21. The second kappa shape index (κ2) is 6.94. The predicted molar refractivity (Wildman–Crippen MR) is 95.2 cm³/mol. The van der Waals surface area contributed by atoms with Crippen molar-refractivity contribution in [1.82, 2.24) is 19.7 Å². The van der Waals surface area contributed by atoms with Gasteiger partial charge >= 0.3 is 0 Å². The number of aromatic nitrogens is 4. The highest BCUT2D eigenvalue weighted by molar-refractivity contribution is 5.90. The minimum Gasteiger partial charge on any atom is -0.293 e. The molecular formula is C19H25N5O. The number of carbonyl (C=O) groups is 1. The van der Waals surface area contributed by atoms with Crippen LogP contribution in [-0.2, 0) is 11.2 Å². The molecule has 3 heterocycles. The molecule has 0 radical (unpaired) electrons. The van der Waals surface area contributed by atoms with Crippen LogP contribution in [0, 0.1) is 5.92 Å². The van der Waals surface area contributed by atoms with Gasteiger partial charge in [-0.3, -0.25) is 15.1 Å². The average Bonchev–Trinajstić information content (AvgIpc) is 3.07. The maximum Gasteiger partial charge on any atom is 0.249 e. The summed E-state index contributed by atoms with van der Waals surface area (Å²) in [6.07, 6.45) is 9.21. The number of fused-ring (bicyclic) bond motifs is 1. The summed E-state index contributed by atoms with van der Waals surface area (Å²) >= 11 is 0. The highest BCUT2D eigenvalue weighted by atomic mass is 16.2. The Kier molecular flexibility index (Phi) is 4.51. The predicted octanol–water partition coefficient (Wildman–Crippen LogP) is 3.48. The summed E-state index contributed by atoms with van der Waals surface area (Å²) in [6.45, 7) is 2.16. The van der Waals surface area contributed by atoms with Crippen LogP contribution in [0.5, 0.6) is 0 Å². The number of amides is 1. The van der Waals surface area contributed by atoms with E-state index >= 15 is 0 Å². The number of hydrogen-bond acceptors (Lipinski definition) is 4. The van der Waals surface area contributed by atoms with Crippen molar-refractivity contribution >= 4 is 11.9 Å². The average molecular weight is 339 g/mol. The molecule has 2 unspecified atom stereocenters. The molecular weight excluding hydrogens is 314 g/mol. The number of aryl methyl sites for hydroxylation is 1. The second-order valence-corrected chi connectivity index (χ2v) is 7.26. The maximum atomic E-state index is 12.4. The van der Waals surface area contributed by atoms with Gasteiger partial charge in [-0.2, -0.15) is 4.98 Å². The zero-order valence-electron chi connectivity index (χ0n) is 14.7. The lowest BCUT2D eigenvalue weighted by Gasteiger charge is -2.28. The molecule has 1 N–H and O–H groups in total. The third-order valence-electron chi connectivity index (χ3n) is 5.63. The fraction of sp³-hybridized carbons (Fsp3) is 0.579. The van der Waals surface area contributed by atoms with Gasteiger partial charge in [-0.25, -0.2) is 4.68 Å². The van der Waals surface area contributed by atoms with Crippen LogP contribution in [0.2, 0.25) is 0 Å². The van der Waals surface area contributed by atoms with Gasteiger partial charge < -0.3 is 0 Å². The summed E-state index contributed by atoms with van der Waals surface area (Å²) in [5.41, 5.74) is 1.10. The quantitative estimate of drug-likeness (QED) is 0.929. The largest absolute Gasteiger partial charge is 0.293 e. The van der Waals surface area contributed by atoms with Gasteiger partial charge in [0.15, 0.2) is 0 Å². The first kappa shape index (κ1) is 16.2. The zero-order valence-corrected chi connectivity index (χ0v) is 14.7. The van der Waals surface area contributed by atoms with E-state index in [1.807, 2.05) is 23.0 Å². The molecule has 2 aromatic heterocycles. The molecule has 1 aliphatic carbocycles. The lowest BCUT2D eigenvalue weighted by atomic mass is 9.89. The number of carbonyl (C=O) groups excluding carboxylic acids is 1. The van der Waals surface area contributed by atoms with Crippen molar-refractivity contribution < 1.29 is 4.79 Å². The van der Waals surface area contributed by atoms with Crippen molar-refractivity contribution in [1.29, 1.82) is 0 Å². The molecule has 132 valence electrons. The highest BCUT2D eigenvalue weighted by Crippen LogP contribution is 2.36. The fourth-order valence-electron chi connectivity index (χ4n) is 4.17. The van der Waals surface area contributed by atoms with Crippen LogP contribution in [-0.4, -0.2) is 25.7 Å². The molecule has 0 bridgehead atoms. The molecule has 1 fully saturated rings. The van der Waals surface area contributed by atoms with Crippen LogP contribution in [0.15, 0.2) is 24.4 Å². The monoisotopic (exact) mass is 339 g/mol. The van der Waals surface area contributed by atoms with Gasteiger partial charge in [-0.05, 0) is 38.3 Å². The molecule has 25 heavy (non-hydrogen) atoms. The molecule has 1 aliphatic heterocycles. The number of hydrogen-bond donors (Lipinski definition) is 1. The van der Waals surface area contributed by atoms with Crippen molar-refractivity contribution in [2.75, 3.05) is 5.32 Å². The minimum atomic E-state index is 0.0802. The summed E-state index contributed by atoms with van der Waals surface area (Å²) in [5, 5.41) is 7.53. The first-order valence-electron chi connectivity index (χ1n) is 9.39. The van der Waals surface area contributed by atoms with E-state index in [4.69, 9.17) is 0 Å². The van der Waals surface area contributed by atoms with E-state index in [1.54, 1.807) is 0 Å². The van der Waals surface area contributed by atoms with Gasteiger partial charge in [0.25, 0.3) is 0 Å². The minimum absolute atomic E-state index is 0.0802. The van der Waals surface area contributed by atoms with E-state index in [9.17, 15) is 4.79 Å². The van der Waals surface area contributed by atoms with E-state index in [2.05, 4.69) is 33.4 Å². The van der Waals surface area contributed by atoms with Crippen LogP contribution in [0.1, 0.15) is 68.9 Å². The summed E-state index contributed by atoms with van der Waals surface area (Å²) in [6, 6.07) is 6.24. The molecule has 1 amide bonds. The third-order valence-corrected chi connectivity index (χ3v) is 5.63. The van der Waals surface area contributed by atoms with Gasteiger partial charge in [-0.1, -0.05) is 25.3 Å². The molecule has 2 aliphatic rings. The van der Waals surface area contributed by atoms with Crippen LogP contribution in [0.4, 0.5) is 5.95 Å². The van der Waals surface area contributed by atoms with E-state index in [0.717, 1.165) is 50.0 Å². The Morgan fingerprint density at radius 1 is 1.20 bits per heavy atom. The molecule has 2 aromatic rings. The smallest absolute Gasteiger partial charge is 0.249 e. The van der Waals surface area contributed by atoms with Crippen molar-refractivity contribution in [3.05, 3.63) is 35.9 Å². The summed E-state index contributed by atoms with van der Waals surface area (Å²) in [7, 11) is 0. The Bertz CT molecular complexity index is 736. The van der Waals surface area contributed by atoms with E-state index in [1.165, 1.54) is 6.42 Å². The van der Waals surface area contributed by atoms with Crippen molar-refractivity contribution in [3.63, 3.8) is 0 Å². The lowest BCUT2D eigenvalue weighted by molar-refractivity contribution is -0.120. The van der Waals surface area contributed by atoms with E-state index in [0.29, 0.717) is 11.9 Å². The number of nitrogens with one attached hydrogen (secondary N) is 1. The Balaban J connectivity index is 1.49. The number of pyridine rings is 1. The summed E-state index contributed by atoms with van der Waals surface area (Å²) in [4.78, 5) is 21.5. The molecule has 0 spiro atoms. The van der Waals surface area contributed by atoms with Crippen LogP contribution in [0.25, 0.3) is 0 Å². The van der Waals surface area contributed by atoms with E-state index in [-0.39, 0.29) is 17.9 Å². The summed E-state index contributed by atoms with van der Waals surface area (Å²) in [5.74, 6) is 1.94. The molecule has 1 saturated carbocycles. The van der Waals surface area contributed by atoms with Gasteiger partial charge in [0.2, 0.25) is 11.9 Å². The topological polar surface area (TPSA) is 72.7 Å². The Morgan fingerprint density at radius 2 is 2.04 bits per heavy atom. The Labute approximate surface area is 148 Å². The summed E-state index contributed by atoms with van der Waals surface area (Å²) < 4.78 is 1.97. The number of nitrogens with zero attached hydrogens (tertiary/aromatic N) is 4. The Morgan fingerprint density at radius 3 is 2.80 bits per heavy atom. The van der Waals surface area contributed by atoms with Gasteiger partial charge in [0.05, 0.1) is 6.04 Å². The zero-order chi connectivity index (χ0) is 17.2. The van der Waals surface area contributed by atoms with E-state index < -0.39 is 0 Å². The molecule has 6 nitrogen and oxygen atoms in total. The van der Waals surface area contributed by atoms with Gasteiger partial charge in [0, 0.05) is 30.1 Å². The van der Waals surface area contributed by atoms with Crippen molar-refractivity contribution in [3.8, 4) is 0 Å². The second-order valence-electron chi connectivity index (χ2n) is 7.26. The lowest BCUT2D eigenvalue weighted by Crippen LogP contribution is -2.26. The van der Waals surface area contributed by atoms with Crippen molar-refractivity contribution in [2.24, 2.45) is 5.92 Å². The fourth-order valence-corrected chi connectivity index (χ4v) is 4.17. The third kappa shape index (κ3) is 3.30. The van der Waals surface area contributed by atoms with Gasteiger partial charge in [-0.15, -0.1) is 5.10 Å². The van der Waals surface area contributed by atoms with Crippen LogP contribution < -0.4 is 5.32 Å². The first-order chi connectivity index (χ1) is 12.2. The molecule has 6 heteroatoms. The van der Waals surface area contributed by atoms with Crippen LogP contribution >= 0.6 is 0 Å². The number of rotatable bonds is 3. The first-order valence-corrected chi connectivity index (χ1v) is 9.39. The van der Waals surface area contributed by atoms with Crippen LogP contribution in [0.3, 0.4) is 0 Å². The molecule has 4 rings (SSSR count). The number of anilines is 1. The van der Waals surface area contributed by atoms with Gasteiger partial charge in [0.1, 0.15) is 5.82 Å². The molecule has 2 atom stereocenters. The highest BCUT2D eigenvalue weighted by Gasteiger charge is 2.31. The molecule has 0 saturated heterocycles.